The van der Waals surface area contributed by atoms with Crippen LogP contribution in [0, 0.1) is 5.92 Å². The third-order valence-electron chi connectivity index (χ3n) is 2.97. The van der Waals surface area contributed by atoms with E-state index in [9.17, 15) is 13.2 Å². The minimum atomic E-state index is -4.30. The number of aliphatic hydroxyl groups is 1. The summed E-state index contributed by atoms with van der Waals surface area (Å²) in [4.78, 5) is 0. The molecule has 0 aliphatic rings. The van der Waals surface area contributed by atoms with E-state index in [2.05, 4.69) is 0 Å². The number of hydrogen-bond donors (Lipinski definition) is 2. The Bertz CT molecular complexity index is 365. The van der Waals surface area contributed by atoms with Gasteiger partial charge in [0, 0.05) is 6.61 Å². The van der Waals surface area contributed by atoms with Crippen LogP contribution in [-0.4, -0.2) is 18.3 Å². The lowest BCUT2D eigenvalue weighted by Gasteiger charge is -2.13. The van der Waals surface area contributed by atoms with Crippen molar-refractivity contribution in [2.24, 2.45) is 11.7 Å². The Morgan fingerprint density at radius 2 is 1.94 bits per heavy atom. The molecule has 3 N–H and O–H groups in total. The Morgan fingerprint density at radius 3 is 2.50 bits per heavy atom. The van der Waals surface area contributed by atoms with E-state index >= 15 is 0 Å². The molecule has 0 aliphatic heterocycles. The quantitative estimate of drug-likeness (QED) is 0.826. The van der Waals surface area contributed by atoms with E-state index < -0.39 is 11.7 Å². The Morgan fingerprint density at radius 1 is 1.22 bits per heavy atom. The van der Waals surface area contributed by atoms with Gasteiger partial charge in [-0.15, -0.1) is 0 Å². The standard InChI is InChI=1S/C13H18F3NO/c14-13(15,16)12-3-1-2-10(8-12)4-5-11(9-17)6-7-18/h1-3,8,11,18H,4-7,9,17H2. The van der Waals surface area contributed by atoms with Crippen LogP contribution in [0.25, 0.3) is 0 Å². The second-order valence-electron chi connectivity index (χ2n) is 4.35. The van der Waals surface area contributed by atoms with Crippen LogP contribution in [0.4, 0.5) is 13.2 Å². The number of halogens is 3. The predicted molar refractivity (Wildman–Crippen MR) is 64.0 cm³/mol. The van der Waals surface area contributed by atoms with Crippen molar-refractivity contribution in [2.75, 3.05) is 13.2 Å². The molecule has 0 bridgehead atoms. The topological polar surface area (TPSA) is 46.2 Å². The number of rotatable bonds is 6. The molecular weight excluding hydrogens is 243 g/mol. The lowest BCUT2D eigenvalue weighted by atomic mass is 9.96. The molecule has 1 unspecified atom stereocenters. The third-order valence-corrected chi connectivity index (χ3v) is 2.97. The summed E-state index contributed by atoms with van der Waals surface area (Å²) in [7, 11) is 0. The minimum Gasteiger partial charge on any atom is -0.396 e. The molecule has 0 spiro atoms. The maximum absolute atomic E-state index is 12.5. The van der Waals surface area contributed by atoms with Gasteiger partial charge in [0.05, 0.1) is 5.56 Å². The molecule has 1 atom stereocenters. The maximum atomic E-state index is 12.5. The fourth-order valence-corrected chi connectivity index (χ4v) is 1.84. The second-order valence-corrected chi connectivity index (χ2v) is 4.35. The largest absolute Gasteiger partial charge is 0.416 e. The zero-order valence-electron chi connectivity index (χ0n) is 10.1. The maximum Gasteiger partial charge on any atom is 0.416 e. The van der Waals surface area contributed by atoms with E-state index in [1.165, 1.54) is 12.1 Å². The number of nitrogens with two attached hydrogens (primary N) is 1. The Labute approximate surface area is 105 Å². The van der Waals surface area contributed by atoms with Gasteiger partial charge in [0.2, 0.25) is 0 Å². The summed E-state index contributed by atoms with van der Waals surface area (Å²) < 4.78 is 37.5. The highest BCUT2D eigenvalue weighted by Gasteiger charge is 2.30. The fraction of sp³-hybridized carbons (Fsp3) is 0.538. The number of aliphatic hydroxyl groups excluding tert-OH is 1. The van der Waals surface area contributed by atoms with Gasteiger partial charge in [-0.2, -0.15) is 13.2 Å². The number of hydrogen-bond acceptors (Lipinski definition) is 2. The average Bonchev–Trinajstić information content (AvgIpc) is 2.34. The summed E-state index contributed by atoms with van der Waals surface area (Å²) in [5, 5.41) is 8.81. The molecule has 0 aliphatic carbocycles. The van der Waals surface area contributed by atoms with Gasteiger partial charge in [-0.05, 0) is 43.4 Å². The molecule has 5 heteroatoms. The summed E-state index contributed by atoms with van der Waals surface area (Å²) >= 11 is 0. The van der Waals surface area contributed by atoms with Crippen molar-refractivity contribution in [1.82, 2.24) is 0 Å². The van der Waals surface area contributed by atoms with Crippen LogP contribution in [0.15, 0.2) is 24.3 Å². The molecule has 0 fully saturated rings. The summed E-state index contributed by atoms with van der Waals surface area (Å²) in [5.41, 5.74) is 5.57. The van der Waals surface area contributed by atoms with Crippen LogP contribution >= 0.6 is 0 Å². The van der Waals surface area contributed by atoms with Gasteiger partial charge >= 0.3 is 6.18 Å². The van der Waals surface area contributed by atoms with Crippen molar-refractivity contribution in [3.8, 4) is 0 Å². The number of alkyl halides is 3. The van der Waals surface area contributed by atoms with Crippen molar-refractivity contribution in [3.05, 3.63) is 35.4 Å². The van der Waals surface area contributed by atoms with Gasteiger partial charge in [0.25, 0.3) is 0 Å². The van der Waals surface area contributed by atoms with Crippen LogP contribution in [-0.2, 0) is 12.6 Å². The Kier molecular flexibility index (Phi) is 5.62. The van der Waals surface area contributed by atoms with Crippen molar-refractivity contribution < 1.29 is 18.3 Å². The summed E-state index contributed by atoms with van der Waals surface area (Å²) in [5.74, 6) is 0.157. The predicted octanol–water partition coefficient (Wildman–Crippen LogP) is 2.60. The molecule has 2 nitrogen and oxygen atoms in total. The first-order valence-electron chi connectivity index (χ1n) is 5.94. The van der Waals surface area contributed by atoms with Gasteiger partial charge in [-0.1, -0.05) is 18.2 Å². The van der Waals surface area contributed by atoms with Crippen LogP contribution in [0.5, 0.6) is 0 Å². The number of aryl methyl sites for hydroxylation is 1. The molecule has 0 amide bonds. The fourth-order valence-electron chi connectivity index (χ4n) is 1.84. The second kappa shape index (κ2) is 6.75. The van der Waals surface area contributed by atoms with Crippen LogP contribution in [0.2, 0.25) is 0 Å². The highest BCUT2D eigenvalue weighted by molar-refractivity contribution is 5.25. The van der Waals surface area contributed by atoms with Crippen molar-refractivity contribution in [3.63, 3.8) is 0 Å². The highest BCUT2D eigenvalue weighted by atomic mass is 19.4. The summed E-state index contributed by atoms with van der Waals surface area (Å²) in [6, 6.07) is 5.34. The molecule has 0 saturated carbocycles. The zero-order valence-corrected chi connectivity index (χ0v) is 10.1. The monoisotopic (exact) mass is 261 g/mol. The van der Waals surface area contributed by atoms with E-state index in [0.717, 1.165) is 6.07 Å². The minimum absolute atomic E-state index is 0.0600. The highest BCUT2D eigenvalue weighted by Crippen LogP contribution is 2.29. The Hall–Kier alpha value is -1.07. The SMILES string of the molecule is NCC(CCO)CCc1cccc(C(F)(F)F)c1. The van der Waals surface area contributed by atoms with Crippen LogP contribution < -0.4 is 5.73 Å². The first-order valence-corrected chi connectivity index (χ1v) is 5.94. The van der Waals surface area contributed by atoms with Gasteiger partial charge in [-0.3, -0.25) is 0 Å². The van der Waals surface area contributed by atoms with E-state index in [4.69, 9.17) is 10.8 Å². The molecule has 1 aromatic rings. The van der Waals surface area contributed by atoms with E-state index in [1.807, 2.05) is 0 Å². The first-order chi connectivity index (χ1) is 8.47. The molecule has 102 valence electrons. The summed E-state index contributed by atoms with van der Waals surface area (Å²) in [6.45, 7) is 0.504. The van der Waals surface area contributed by atoms with Crippen LogP contribution in [0.1, 0.15) is 24.0 Å². The zero-order chi connectivity index (χ0) is 13.6. The van der Waals surface area contributed by atoms with Gasteiger partial charge in [0.15, 0.2) is 0 Å². The lowest BCUT2D eigenvalue weighted by Crippen LogP contribution is -2.16. The molecule has 1 aromatic carbocycles. The van der Waals surface area contributed by atoms with E-state index in [-0.39, 0.29) is 12.5 Å². The lowest BCUT2D eigenvalue weighted by molar-refractivity contribution is -0.137. The molecule has 0 aromatic heterocycles. The molecule has 18 heavy (non-hydrogen) atoms. The van der Waals surface area contributed by atoms with E-state index in [1.54, 1.807) is 6.07 Å². The first kappa shape index (κ1) is 15.0. The van der Waals surface area contributed by atoms with Gasteiger partial charge < -0.3 is 10.8 Å². The molecule has 0 radical (unpaired) electrons. The summed E-state index contributed by atoms with van der Waals surface area (Å²) in [6.07, 6.45) is -2.46. The van der Waals surface area contributed by atoms with Gasteiger partial charge in [-0.25, -0.2) is 0 Å². The Balaban J connectivity index is 2.62. The molecule has 0 heterocycles. The van der Waals surface area contributed by atoms with E-state index in [0.29, 0.717) is 31.4 Å². The normalized spacial score (nSPS) is 13.6. The smallest absolute Gasteiger partial charge is 0.396 e. The number of benzene rings is 1. The molecule has 1 rings (SSSR count). The third kappa shape index (κ3) is 4.66. The van der Waals surface area contributed by atoms with Crippen molar-refractivity contribution in [1.29, 1.82) is 0 Å². The molecular formula is C13H18F3NO. The van der Waals surface area contributed by atoms with Gasteiger partial charge in [0.1, 0.15) is 0 Å². The van der Waals surface area contributed by atoms with Crippen molar-refractivity contribution >= 4 is 0 Å². The molecule has 0 saturated heterocycles. The van der Waals surface area contributed by atoms with Crippen LogP contribution in [0.3, 0.4) is 0 Å². The van der Waals surface area contributed by atoms with Crippen molar-refractivity contribution in [2.45, 2.75) is 25.4 Å². The average molecular weight is 261 g/mol.